The molecule has 0 spiro atoms. The first-order valence-electron chi connectivity index (χ1n) is 6.13. The van der Waals surface area contributed by atoms with Gasteiger partial charge in [-0.2, -0.15) is 0 Å². The van der Waals surface area contributed by atoms with Crippen molar-refractivity contribution < 1.29 is 18.7 Å². The fraction of sp³-hybridized carbons (Fsp3) is 0.571. The van der Waals surface area contributed by atoms with E-state index in [1.54, 1.807) is 41.5 Å². The Morgan fingerprint density at radius 2 is 1.74 bits per heavy atom. The van der Waals surface area contributed by atoms with E-state index in [1.165, 1.54) is 12.3 Å². The summed E-state index contributed by atoms with van der Waals surface area (Å²) >= 11 is 0. The summed E-state index contributed by atoms with van der Waals surface area (Å²) < 4.78 is 10.3. The molecular formula is C14H21NO4. The Morgan fingerprint density at radius 3 is 2.21 bits per heavy atom. The van der Waals surface area contributed by atoms with Crippen LogP contribution in [0.5, 0.6) is 0 Å². The van der Waals surface area contributed by atoms with Crippen molar-refractivity contribution in [2.45, 2.75) is 47.1 Å². The third-order valence-electron chi connectivity index (χ3n) is 2.19. The predicted molar refractivity (Wildman–Crippen MR) is 72.4 cm³/mol. The Hall–Kier alpha value is -1.78. The average Bonchev–Trinajstić information content (AvgIpc) is 2.59. The third kappa shape index (κ3) is 4.43. The van der Waals surface area contributed by atoms with Crippen molar-refractivity contribution in [2.75, 3.05) is 5.32 Å². The standard InChI is InChI=1S/C14H21NO4/c1-13(2,3)11(16)10-9(7-8-18-10)15-12(17)19-14(4,5)6/h7-8H,1-6H3,(H,15,17). The van der Waals surface area contributed by atoms with Gasteiger partial charge in [-0.05, 0) is 20.8 Å². The van der Waals surface area contributed by atoms with E-state index in [2.05, 4.69) is 5.32 Å². The fourth-order valence-corrected chi connectivity index (χ4v) is 1.34. The molecule has 0 atom stereocenters. The van der Waals surface area contributed by atoms with Crippen LogP contribution in [0.2, 0.25) is 0 Å². The maximum Gasteiger partial charge on any atom is 0.412 e. The number of anilines is 1. The zero-order chi connectivity index (χ0) is 14.8. The lowest BCUT2D eigenvalue weighted by Gasteiger charge is -2.20. The van der Waals surface area contributed by atoms with E-state index in [9.17, 15) is 9.59 Å². The molecule has 0 fully saturated rings. The van der Waals surface area contributed by atoms with Crippen molar-refractivity contribution in [3.05, 3.63) is 18.1 Å². The molecule has 106 valence electrons. The van der Waals surface area contributed by atoms with Gasteiger partial charge in [0.25, 0.3) is 0 Å². The van der Waals surface area contributed by atoms with E-state index in [4.69, 9.17) is 9.15 Å². The summed E-state index contributed by atoms with van der Waals surface area (Å²) in [4.78, 5) is 23.8. The molecule has 0 bridgehead atoms. The summed E-state index contributed by atoms with van der Waals surface area (Å²) in [5.41, 5.74) is -0.848. The van der Waals surface area contributed by atoms with Crippen molar-refractivity contribution in [1.82, 2.24) is 0 Å². The van der Waals surface area contributed by atoms with Crippen LogP contribution >= 0.6 is 0 Å². The molecule has 5 nitrogen and oxygen atoms in total. The first-order chi connectivity index (χ1) is 8.50. The molecule has 0 saturated carbocycles. The quantitative estimate of drug-likeness (QED) is 0.826. The Morgan fingerprint density at radius 1 is 1.16 bits per heavy atom. The monoisotopic (exact) mass is 267 g/mol. The third-order valence-corrected chi connectivity index (χ3v) is 2.19. The number of rotatable bonds is 2. The van der Waals surface area contributed by atoms with Crippen LogP contribution in [-0.2, 0) is 4.74 Å². The van der Waals surface area contributed by atoms with Crippen molar-refractivity contribution >= 4 is 17.6 Å². The number of hydrogen-bond donors (Lipinski definition) is 1. The molecule has 1 rings (SSSR count). The van der Waals surface area contributed by atoms with Gasteiger partial charge in [0.05, 0.1) is 12.0 Å². The largest absolute Gasteiger partial charge is 0.459 e. The van der Waals surface area contributed by atoms with E-state index in [1.807, 2.05) is 0 Å². The summed E-state index contributed by atoms with van der Waals surface area (Å²) in [6.45, 7) is 10.7. The summed E-state index contributed by atoms with van der Waals surface area (Å²) in [7, 11) is 0. The average molecular weight is 267 g/mol. The van der Waals surface area contributed by atoms with E-state index in [-0.39, 0.29) is 11.5 Å². The summed E-state index contributed by atoms with van der Waals surface area (Å²) in [5.74, 6) is -0.0399. The first-order valence-corrected chi connectivity index (χ1v) is 6.13. The normalized spacial score (nSPS) is 12.1. The summed E-state index contributed by atoms with van der Waals surface area (Å²) in [6.07, 6.45) is 0.753. The van der Waals surface area contributed by atoms with Crippen molar-refractivity contribution in [3.63, 3.8) is 0 Å². The van der Waals surface area contributed by atoms with Gasteiger partial charge >= 0.3 is 6.09 Å². The Bertz CT molecular complexity index is 474. The van der Waals surface area contributed by atoms with E-state index < -0.39 is 17.1 Å². The van der Waals surface area contributed by atoms with Gasteiger partial charge in [0.15, 0.2) is 5.76 Å². The number of carbonyl (C=O) groups excluding carboxylic acids is 2. The molecule has 0 unspecified atom stereocenters. The van der Waals surface area contributed by atoms with Crippen LogP contribution in [0.1, 0.15) is 52.1 Å². The molecular weight excluding hydrogens is 246 g/mol. The minimum Gasteiger partial charge on any atom is -0.459 e. The molecule has 19 heavy (non-hydrogen) atoms. The van der Waals surface area contributed by atoms with Gasteiger partial charge in [-0.3, -0.25) is 10.1 Å². The molecule has 0 aliphatic carbocycles. The van der Waals surface area contributed by atoms with Crippen molar-refractivity contribution in [2.24, 2.45) is 5.41 Å². The van der Waals surface area contributed by atoms with Crippen LogP contribution in [0.25, 0.3) is 0 Å². The minimum absolute atomic E-state index is 0.137. The Balaban J connectivity index is 2.85. The zero-order valence-corrected chi connectivity index (χ0v) is 12.3. The lowest BCUT2D eigenvalue weighted by molar-refractivity contribution is 0.0635. The highest BCUT2D eigenvalue weighted by Crippen LogP contribution is 2.27. The van der Waals surface area contributed by atoms with Gasteiger partial charge in [0.2, 0.25) is 5.78 Å². The van der Waals surface area contributed by atoms with Gasteiger partial charge in [-0.25, -0.2) is 4.79 Å². The number of Topliss-reactive ketones (excluding diaryl/α,β-unsaturated/α-hetero) is 1. The van der Waals surface area contributed by atoms with Crippen molar-refractivity contribution in [1.29, 1.82) is 0 Å². The smallest absolute Gasteiger partial charge is 0.412 e. The molecule has 1 N–H and O–H groups in total. The molecule has 0 aromatic carbocycles. The number of furan rings is 1. The van der Waals surface area contributed by atoms with Crippen LogP contribution in [0.3, 0.4) is 0 Å². The molecule has 1 aromatic rings. The molecule has 0 radical (unpaired) electrons. The highest BCUT2D eigenvalue weighted by molar-refractivity contribution is 6.04. The first kappa shape index (κ1) is 15.3. The van der Waals surface area contributed by atoms with Gasteiger partial charge in [0, 0.05) is 11.5 Å². The zero-order valence-electron chi connectivity index (χ0n) is 12.3. The lowest BCUT2D eigenvalue weighted by atomic mass is 9.89. The van der Waals surface area contributed by atoms with Crippen LogP contribution in [0, 0.1) is 5.41 Å². The topological polar surface area (TPSA) is 68.5 Å². The van der Waals surface area contributed by atoms with Gasteiger partial charge in [0.1, 0.15) is 5.60 Å². The maximum absolute atomic E-state index is 12.1. The molecule has 5 heteroatoms. The number of nitrogens with one attached hydrogen (secondary N) is 1. The Kier molecular flexibility index (Phi) is 4.08. The highest BCUT2D eigenvalue weighted by atomic mass is 16.6. The second-order valence-electron chi connectivity index (χ2n) is 6.37. The van der Waals surface area contributed by atoms with E-state index in [0.717, 1.165) is 0 Å². The van der Waals surface area contributed by atoms with E-state index in [0.29, 0.717) is 5.69 Å². The number of carbonyl (C=O) groups is 2. The van der Waals surface area contributed by atoms with Crippen LogP contribution in [0.4, 0.5) is 10.5 Å². The fourth-order valence-electron chi connectivity index (χ4n) is 1.34. The molecule has 0 aliphatic rings. The number of ether oxygens (including phenoxy) is 1. The summed E-state index contributed by atoms with van der Waals surface area (Å²) in [6, 6.07) is 1.53. The second kappa shape index (κ2) is 5.07. The van der Waals surface area contributed by atoms with Gasteiger partial charge in [-0.15, -0.1) is 0 Å². The number of hydrogen-bond acceptors (Lipinski definition) is 4. The summed E-state index contributed by atoms with van der Waals surface area (Å²) in [5, 5.41) is 2.52. The molecule has 1 heterocycles. The van der Waals surface area contributed by atoms with Crippen molar-refractivity contribution in [3.8, 4) is 0 Å². The lowest BCUT2D eigenvalue weighted by Crippen LogP contribution is -2.28. The molecule has 1 amide bonds. The predicted octanol–water partition coefficient (Wildman–Crippen LogP) is 3.86. The number of amides is 1. The SMILES string of the molecule is CC(C)(C)OC(=O)Nc1ccoc1C(=O)C(C)(C)C. The van der Waals surface area contributed by atoms with Gasteiger partial charge < -0.3 is 9.15 Å². The maximum atomic E-state index is 12.1. The highest BCUT2D eigenvalue weighted by Gasteiger charge is 2.29. The molecule has 1 aromatic heterocycles. The second-order valence-corrected chi connectivity index (χ2v) is 6.37. The van der Waals surface area contributed by atoms with Gasteiger partial charge in [-0.1, -0.05) is 20.8 Å². The minimum atomic E-state index is -0.614. The Labute approximate surface area is 113 Å². The van der Waals surface area contributed by atoms with Crippen LogP contribution in [0.15, 0.2) is 16.7 Å². The van der Waals surface area contributed by atoms with E-state index >= 15 is 0 Å². The number of ketones is 1. The molecule has 0 saturated heterocycles. The molecule has 0 aliphatic heterocycles. The van der Waals surface area contributed by atoms with Crippen LogP contribution < -0.4 is 5.32 Å². The van der Waals surface area contributed by atoms with Crippen LogP contribution in [-0.4, -0.2) is 17.5 Å².